The van der Waals surface area contributed by atoms with Crippen molar-refractivity contribution in [3.05, 3.63) is 39.7 Å². The van der Waals surface area contributed by atoms with E-state index >= 15 is 0 Å². The van der Waals surface area contributed by atoms with Gasteiger partial charge in [-0.3, -0.25) is 4.98 Å². The second-order valence-electron chi connectivity index (χ2n) is 4.67. The molecule has 2 heterocycles. The van der Waals surface area contributed by atoms with Crippen molar-refractivity contribution >= 4 is 11.3 Å². The quantitative estimate of drug-likeness (QED) is 0.872. The fourth-order valence-corrected chi connectivity index (χ4v) is 2.58. The Morgan fingerprint density at radius 1 is 1.50 bits per heavy atom. The Balaban J connectivity index is 1.97. The third kappa shape index (κ3) is 2.98. The summed E-state index contributed by atoms with van der Waals surface area (Å²) in [6.07, 6.45) is 1.83. The van der Waals surface area contributed by atoms with Gasteiger partial charge in [0.15, 0.2) is 0 Å². The van der Waals surface area contributed by atoms with Crippen LogP contribution in [0.3, 0.4) is 0 Å². The molecule has 2 aromatic heterocycles. The lowest BCUT2D eigenvalue weighted by molar-refractivity contribution is 0.0552. The number of rotatable bonds is 5. The van der Waals surface area contributed by atoms with Crippen molar-refractivity contribution in [1.29, 1.82) is 0 Å². The van der Waals surface area contributed by atoms with Crippen LogP contribution in [0.2, 0.25) is 0 Å². The summed E-state index contributed by atoms with van der Waals surface area (Å²) in [4.78, 5) is 5.17. The molecule has 1 unspecified atom stereocenters. The number of aliphatic hydroxyl groups is 1. The second-order valence-corrected chi connectivity index (χ2v) is 5.64. The van der Waals surface area contributed by atoms with Gasteiger partial charge in [0, 0.05) is 29.7 Å². The lowest BCUT2D eigenvalue weighted by Crippen LogP contribution is -2.35. The topological polar surface area (TPSA) is 58.3 Å². The van der Waals surface area contributed by atoms with Crippen LogP contribution in [0.5, 0.6) is 0 Å². The van der Waals surface area contributed by atoms with Crippen molar-refractivity contribution in [3.8, 4) is 0 Å². The molecule has 0 saturated heterocycles. The van der Waals surface area contributed by atoms with E-state index in [1.165, 1.54) is 0 Å². The fourth-order valence-electron chi connectivity index (χ4n) is 2.02. The molecular weight excluding hydrogens is 248 g/mol. The molecule has 0 aliphatic heterocycles. The van der Waals surface area contributed by atoms with Crippen LogP contribution in [-0.4, -0.2) is 16.6 Å². The molecule has 0 aliphatic carbocycles. The summed E-state index contributed by atoms with van der Waals surface area (Å²) in [6.45, 7) is 6.75. The minimum atomic E-state index is -0.924. The van der Waals surface area contributed by atoms with Gasteiger partial charge in [-0.15, -0.1) is 11.3 Å². The zero-order chi connectivity index (χ0) is 13.2. The highest BCUT2D eigenvalue weighted by Gasteiger charge is 2.27. The number of hydrogen-bond acceptors (Lipinski definition) is 5. The lowest BCUT2D eigenvalue weighted by atomic mass is 9.96. The lowest BCUT2D eigenvalue weighted by Gasteiger charge is -2.23. The summed E-state index contributed by atoms with van der Waals surface area (Å²) in [5.41, 5.74) is 1.72. The number of nitrogens with one attached hydrogen (secondary N) is 1. The number of thiazole rings is 1. The van der Waals surface area contributed by atoms with E-state index in [1.807, 2.05) is 26.1 Å². The number of aromatic nitrogens is 1. The zero-order valence-electron chi connectivity index (χ0n) is 10.9. The summed E-state index contributed by atoms with van der Waals surface area (Å²) in [5, 5.41) is 13.7. The Labute approximate surface area is 111 Å². The molecule has 0 saturated carbocycles. The maximum Gasteiger partial charge on any atom is 0.107 e. The van der Waals surface area contributed by atoms with Crippen molar-refractivity contribution in [2.45, 2.75) is 32.9 Å². The summed E-state index contributed by atoms with van der Waals surface area (Å²) in [5.74, 6) is 1.60. The van der Waals surface area contributed by atoms with Crippen molar-refractivity contribution in [1.82, 2.24) is 10.3 Å². The predicted octanol–water partition coefficient (Wildman–Crippen LogP) is 2.35. The van der Waals surface area contributed by atoms with Crippen molar-refractivity contribution in [3.63, 3.8) is 0 Å². The molecule has 4 nitrogen and oxygen atoms in total. The van der Waals surface area contributed by atoms with Gasteiger partial charge >= 0.3 is 0 Å². The minimum Gasteiger partial charge on any atom is -0.466 e. The Morgan fingerprint density at radius 3 is 2.83 bits per heavy atom. The molecule has 18 heavy (non-hydrogen) atoms. The van der Waals surface area contributed by atoms with Crippen LogP contribution < -0.4 is 5.32 Å². The van der Waals surface area contributed by atoms with E-state index in [-0.39, 0.29) is 0 Å². The predicted molar refractivity (Wildman–Crippen MR) is 71.6 cm³/mol. The highest BCUT2D eigenvalue weighted by atomic mass is 32.1. The molecule has 2 rings (SSSR count). The molecule has 0 fully saturated rings. The first-order valence-corrected chi connectivity index (χ1v) is 6.75. The van der Waals surface area contributed by atoms with Crippen LogP contribution in [0.1, 0.15) is 28.9 Å². The van der Waals surface area contributed by atoms with Gasteiger partial charge in [-0.1, -0.05) is 0 Å². The van der Waals surface area contributed by atoms with Gasteiger partial charge in [-0.25, -0.2) is 0 Å². The molecule has 0 amide bonds. The van der Waals surface area contributed by atoms with E-state index in [0.717, 1.165) is 28.5 Å². The third-order valence-electron chi connectivity index (χ3n) is 2.87. The molecule has 0 radical (unpaired) electrons. The molecule has 0 spiro atoms. The van der Waals surface area contributed by atoms with Gasteiger partial charge < -0.3 is 14.8 Å². The van der Waals surface area contributed by atoms with Crippen LogP contribution in [0.4, 0.5) is 0 Å². The molecular formula is C13H18N2O2S. The monoisotopic (exact) mass is 266 g/mol. The van der Waals surface area contributed by atoms with Gasteiger partial charge in [0.2, 0.25) is 0 Å². The molecule has 2 N–H and O–H groups in total. The van der Waals surface area contributed by atoms with E-state index in [4.69, 9.17) is 4.42 Å². The molecule has 0 aliphatic rings. The fraction of sp³-hybridized carbons (Fsp3) is 0.462. The molecule has 2 aromatic rings. The Hall–Kier alpha value is -1.17. The first-order valence-electron chi connectivity index (χ1n) is 5.87. The zero-order valence-corrected chi connectivity index (χ0v) is 11.7. The maximum absolute atomic E-state index is 10.5. The molecule has 98 valence electrons. The molecule has 5 heteroatoms. The first kappa shape index (κ1) is 13.3. The molecule has 1 atom stereocenters. The smallest absolute Gasteiger partial charge is 0.107 e. The highest BCUT2D eigenvalue weighted by molar-refractivity contribution is 7.09. The normalized spacial score (nSPS) is 14.7. The summed E-state index contributed by atoms with van der Waals surface area (Å²) in [7, 11) is 0. The first-order chi connectivity index (χ1) is 8.49. The van der Waals surface area contributed by atoms with Crippen LogP contribution in [0.15, 0.2) is 22.2 Å². The average molecular weight is 266 g/mol. The van der Waals surface area contributed by atoms with Crippen LogP contribution in [0.25, 0.3) is 0 Å². The number of hydrogen-bond donors (Lipinski definition) is 2. The number of nitrogens with zero attached hydrogens (tertiary/aromatic N) is 1. The van der Waals surface area contributed by atoms with Crippen molar-refractivity contribution in [2.24, 2.45) is 0 Å². The minimum absolute atomic E-state index is 0.477. The largest absolute Gasteiger partial charge is 0.466 e. The Morgan fingerprint density at radius 2 is 2.28 bits per heavy atom. The Kier molecular flexibility index (Phi) is 3.85. The highest BCUT2D eigenvalue weighted by Crippen LogP contribution is 2.26. The van der Waals surface area contributed by atoms with Gasteiger partial charge in [0.05, 0.1) is 5.51 Å². The van der Waals surface area contributed by atoms with E-state index in [0.29, 0.717) is 6.54 Å². The average Bonchev–Trinajstić information content (AvgIpc) is 2.88. The summed E-state index contributed by atoms with van der Waals surface area (Å²) in [6, 6.07) is 1.89. The Bertz CT molecular complexity index is 503. The van der Waals surface area contributed by atoms with Crippen LogP contribution in [0, 0.1) is 13.8 Å². The van der Waals surface area contributed by atoms with Crippen molar-refractivity contribution < 1.29 is 9.52 Å². The van der Waals surface area contributed by atoms with Gasteiger partial charge in [-0.05, 0) is 26.8 Å². The number of furan rings is 1. The summed E-state index contributed by atoms with van der Waals surface area (Å²) >= 11 is 1.60. The SMILES string of the molecule is Cc1cc(C(C)(O)CNCc2cncs2)c(C)o1. The van der Waals surface area contributed by atoms with Crippen LogP contribution >= 0.6 is 11.3 Å². The van der Waals surface area contributed by atoms with Gasteiger partial charge in [0.25, 0.3) is 0 Å². The van der Waals surface area contributed by atoms with Gasteiger partial charge in [-0.2, -0.15) is 0 Å². The van der Waals surface area contributed by atoms with Crippen LogP contribution in [-0.2, 0) is 12.1 Å². The molecule has 0 bridgehead atoms. The van der Waals surface area contributed by atoms with E-state index in [2.05, 4.69) is 10.3 Å². The van der Waals surface area contributed by atoms with E-state index in [1.54, 1.807) is 23.8 Å². The number of aryl methyl sites for hydroxylation is 2. The van der Waals surface area contributed by atoms with Crippen molar-refractivity contribution in [2.75, 3.05) is 6.54 Å². The standard InChI is InChI=1S/C13H18N2O2S/c1-9-4-12(10(2)17-9)13(3,16)7-14-5-11-6-15-8-18-11/h4,6,8,14,16H,5,7H2,1-3H3. The van der Waals surface area contributed by atoms with Gasteiger partial charge in [0.1, 0.15) is 17.1 Å². The van der Waals surface area contributed by atoms with E-state index in [9.17, 15) is 5.11 Å². The van der Waals surface area contributed by atoms with E-state index < -0.39 is 5.60 Å². The third-order valence-corrected chi connectivity index (χ3v) is 3.65. The second kappa shape index (κ2) is 5.22. The molecule has 0 aromatic carbocycles. The maximum atomic E-state index is 10.5. The summed E-state index contributed by atoms with van der Waals surface area (Å²) < 4.78 is 5.46.